The monoisotopic (exact) mass is 562 g/mol. The van der Waals surface area contributed by atoms with Crippen molar-refractivity contribution < 1.29 is 0 Å². The van der Waals surface area contributed by atoms with Crippen molar-refractivity contribution in [1.29, 1.82) is 0 Å². The summed E-state index contributed by atoms with van der Waals surface area (Å²) in [5.41, 5.74) is 7.48. The van der Waals surface area contributed by atoms with Gasteiger partial charge in [0.25, 0.3) is 0 Å². The normalized spacial score (nSPS) is 14.2. The van der Waals surface area contributed by atoms with E-state index in [4.69, 9.17) is 9.98 Å². The van der Waals surface area contributed by atoms with Crippen LogP contribution >= 0.6 is 23.5 Å². The maximum atomic E-state index is 5.39. The van der Waals surface area contributed by atoms with Crippen LogP contribution in [0, 0.1) is 11.8 Å². The van der Waals surface area contributed by atoms with Gasteiger partial charge in [-0.1, -0.05) is 125 Å². The Balaban J connectivity index is 1.56. The van der Waals surface area contributed by atoms with Gasteiger partial charge < -0.3 is 0 Å². The second-order valence-corrected chi connectivity index (χ2v) is 13.9. The van der Waals surface area contributed by atoms with Crippen LogP contribution < -0.4 is 0 Å². The summed E-state index contributed by atoms with van der Waals surface area (Å²) in [7, 11) is 0. The highest BCUT2D eigenvalue weighted by atomic mass is 32.2. The smallest absolute Gasteiger partial charge is 0.109 e. The lowest BCUT2D eigenvalue weighted by Crippen LogP contribution is -2.07. The first-order chi connectivity index (χ1) is 19.5. The molecule has 0 saturated carbocycles. The van der Waals surface area contributed by atoms with Crippen LogP contribution in [0.2, 0.25) is 0 Å². The number of thioether (sulfide) groups is 2. The molecule has 4 aromatic carbocycles. The van der Waals surface area contributed by atoms with E-state index < -0.39 is 0 Å². The van der Waals surface area contributed by atoms with Crippen molar-refractivity contribution >= 4 is 55.8 Å². The van der Waals surface area contributed by atoms with Gasteiger partial charge in [-0.2, -0.15) is 0 Å². The molecule has 4 aromatic rings. The van der Waals surface area contributed by atoms with Gasteiger partial charge in [-0.3, -0.25) is 0 Å². The molecular formula is C36H38N2S2. The highest BCUT2D eigenvalue weighted by Gasteiger charge is 2.29. The van der Waals surface area contributed by atoms with Gasteiger partial charge in [0, 0.05) is 31.7 Å². The average molecular weight is 563 g/mol. The van der Waals surface area contributed by atoms with E-state index in [1.54, 1.807) is 0 Å². The van der Waals surface area contributed by atoms with E-state index in [-0.39, 0.29) is 0 Å². The minimum Gasteiger partial charge on any atom is -0.240 e. The average Bonchev–Trinajstić information content (AvgIpc) is 2.96. The topological polar surface area (TPSA) is 24.7 Å². The SMILES string of the molecule is CC(C)CCCc1cc2c3c(c(CCCC(C)C)cc4c3c1N=C(c1ccccc1)S4)N=C(c1ccccc1)S2. The Kier molecular flexibility index (Phi) is 8.18. The third-order valence-electron chi connectivity index (χ3n) is 7.77. The van der Waals surface area contributed by atoms with E-state index in [2.05, 4.69) is 100 Å². The molecular weight excluding hydrogens is 525 g/mol. The van der Waals surface area contributed by atoms with Gasteiger partial charge in [0.1, 0.15) is 10.1 Å². The van der Waals surface area contributed by atoms with Gasteiger partial charge in [0.15, 0.2) is 0 Å². The van der Waals surface area contributed by atoms with E-state index in [1.165, 1.54) is 79.9 Å². The predicted octanol–water partition coefficient (Wildman–Crippen LogP) is 11.2. The Labute approximate surface area is 247 Å². The first kappa shape index (κ1) is 27.4. The van der Waals surface area contributed by atoms with E-state index in [0.29, 0.717) is 11.8 Å². The molecule has 2 heterocycles. The van der Waals surface area contributed by atoms with Crippen LogP contribution in [0.1, 0.15) is 75.6 Å². The molecule has 6 rings (SSSR count). The molecule has 0 fully saturated rings. The Bertz CT molecular complexity index is 1460. The molecule has 2 nitrogen and oxygen atoms in total. The van der Waals surface area contributed by atoms with Crippen LogP contribution in [0.3, 0.4) is 0 Å². The standard InChI is InChI=1S/C36H38N2S2/c1-23(2)13-11-19-27-21-29-32-31-30(40-35(37-33(27)31)25-15-7-5-8-16-25)22-28(20-12-14-24(3)4)34(32)38-36(39-29)26-17-9-6-10-18-26/h5-10,15-18,21-24H,11-14,19-20H2,1-4H3. The maximum absolute atomic E-state index is 5.39. The second-order valence-electron chi connectivity index (χ2n) is 11.9. The van der Waals surface area contributed by atoms with E-state index in [9.17, 15) is 0 Å². The Morgan fingerprint density at radius 2 is 0.975 bits per heavy atom. The summed E-state index contributed by atoms with van der Waals surface area (Å²) < 4.78 is 0. The van der Waals surface area contributed by atoms with E-state index in [1.807, 2.05) is 23.5 Å². The predicted molar refractivity (Wildman–Crippen MR) is 176 cm³/mol. The Hall–Kier alpha value is -2.82. The maximum Gasteiger partial charge on any atom is 0.109 e. The van der Waals surface area contributed by atoms with Crippen molar-refractivity contribution in [2.45, 2.75) is 76.0 Å². The zero-order chi connectivity index (χ0) is 27.6. The fourth-order valence-electron chi connectivity index (χ4n) is 5.70. The van der Waals surface area contributed by atoms with Crippen LogP contribution in [0.5, 0.6) is 0 Å². The molecule has 0 radical (unpaired) electrons. The van der Waals surface area contributed by atoms with Gasteiger partial charge >= 0.3 is 0 Å². The quantitative estimate of drug-likeness (QED) is 0.192. The number of hydrogen-bond donors (Lipinski definition) is 0. The molecule has 0 bridgehead atoms. The number of benzene rings is 4. The number of aryl methyl sites for hydroxylation is 2. The van der Waals surface area contributed by atoms with Gasteiger partial charge in [0.2, 0.25) is 0 Å². The third-order valence-corrected chi connectivity index (χ3v) is 9.90. The Morgan fingerprint density at radius 1 is 0.575 bits per heavy atom. The number of hydrogen-bond acceptors (Lipinski definition) is 4. The highest BCUT2D eigenvalue weighted by molar-refractivity contribution is 8.15. The zero-order valence-corrected chi connectivity index (χ0v) is 25.7. The van der Waals surface area contributed by atoms with Crippen LogP contribution in [0.4, 0.5) is 11.4 Å². The molecule has 0 atom stereocenters. The van der Waals surface area contributed by atoms with Gasteiger partial charge in [-0.25, -0.2) is 9.98 Å². The fraction of sp³-hybridized carbons (Fsp3) is 0.333. The van der Waals surface area contributed by atoms with Crippen molar-refractivity contribution in [3.8, 4) is 0 Å². The van der Waals surface area contributed by atoms with Gasteiger partial charge in [0.05, 0.1) is 11.4 Å². The van der Waals surface area contributed by atoms with Crippen molar-refractivity contribution in [2.24, 2.45) is 21.8 Å². The molecule has 0 spiro atoms. The van der Waals surface area contributed by atoms with Crippen LogP contribution in [-0.2, 0) is 12.8 Å². The van der Waals surface area contributed by atoms with Crippen LogP contribution in [-0.4, -0.2) is 10.1 Å². The largest absolute Gasteiger partial charge is 0.240 e. The van der Waals surface area contributed by atoms with E-state index in [0.717, 1.165) is 22.9 Å². The molecule has 0 aliphatic carbocycles. The first-order valence-electron chi connectivity index (χ1n) is 14.8. The van der Waals surface area contributed by atoms with Gasteiger partial charge in [-0.15, -0.1) is 0 Å². The molecule has 0 saturated heterocycles. The van der Waals surface area contributed by atoms with Crippen molar-refractivity contribution in [1.82, 2.24) is 0 Å². The Morgan fingerprint density at radius 3 is 1.35 bits per heavy atom. The molecule has 2 aliphatic rings. The third kappa shape index (κ3) is 5.66. The molecule has 4 heteroatoms. The van der Waals surface area contributed by atoms with E-state index >= 15 is 0 Å². The zero-order valence-electron chi connectivity index (χ0n) is 24.0. The lowest BCUT2D eigenvalue weighted by molar-refractivity contribution is 0.555. The molecule has 0 amide bonds. The molecule has 2 aliphatic heterocycles. The fourth-order valence-corrected chi connectivity index (χ4v) is 7.90. The summed E-state index contributed by atoms with van der Waals surface area (Å²) in [6.07, 6.45) is 6.92. The molecule has 0 aromatic heterocycles. The van der Waals surface area contributed by atoms with Crippen LogP contribution in [0.15, 0.2) is 92.6 Å². The summed E-state index contributed by atoms with van der Waals surface area (Å²) in [4.78, 5) is 13.5. The number of rotatable bonds is 10. The molecule has 204 valence electrons. The molecule has 40 heavy (non-hydrogen) atoms. The number of aliphatic imine (C=N–C) groups is 2. The molecule has 0 unspecified atom stereocenters. The van der Waals surface area contributed by atoms with Crippen molar-refractivity contribution in [3.05, 3.63) is 95.1 Å². The van der Waals surface area contributed by atoms with Crippen molar-refractivity contribution in [3.63, 3.8) is 0 Å². The minimum atomic E-state index is 0.704. The van der Waals surface area contributed by atoms with Crippen LogP contribution in [0.25, 0.3) is 10.8 Å². The lowest BCUT2D eigenvalue weighted by Gasteiger charge is -2.27. The second kappa shape index (κ2) is 12.0. The summed E-state index contributed by atoms with van der Waals surface area (Å²) in [6, 6.07) is 26.3. The first-order valence-corrected chi connectivity index (χ1v) is 16.4. The summed E-state index contributed by atoms with van der Waals surface area (Å²) in [6.45, 7) is 9.28. The summed E-state index contributed by atoms with van der Waals surface area (Å²) in [5.74, 6) is 1.41. The van der Waals surface area contributed by atoms with Crippen molar-refractivity contribution in [2.75, 3.05) is 0 Å². The number of nitrogens with zero attached hydrogens (tertiary/aromatic N) is 2. The lowest BCUT2D eigenvalue weighted by atomic mass is 9.93. The minimum absolute atomic E-state index is 0.704. The summed E-state index contributed by atoms with van der Waals surface area (Å²) in [5, 5.41) is 4.83. The molecule has 0 N–H and O–H groups in total. The summed E-state index contributed by atoms with van der Waals surface area (Å²) >= 11 is 3.67. The highest BCUT2D eigenvalue weighted by Crippen LogP contribution is 2.54. The van der Waals surface area contributed by atoms with Gasteiger partial charge in [-0.05, 0) is 60.8 Å².